The highest BCUT2D eigenvalue weighted by atomic mass is 35.5. The van der Waals surface area contributed by atoms with Crippen molar-refractivity contribution in [3.8, 4) is 11.5 Å². The molecular weight excluding hydrogens is 636 g/mol. The average Bonchev–Trinajstić information content (AvgIpc) is 3.22. The number of methoxy groups -OCH3 is 2. The number of carbonyl (C=O) groups excluding carboxylic acids is 4. The highest BCUT2D eigenvalue weighted by molar-refractivity contribution is 6.34. The molecule has 1 atom stereocenters. The number of anilines is 1. The maximum Gasteiger partial charge on any atom is 0.325 e. The van der Waals surface area contributed by atoms with Crippen LogP contribution in [0.15, 0.2) is 42.6 Å². The summed E-state index contributed by atoms with van der Waals surface area (Å²) in [7, 11) is 3.14. The van der Waals surface area contributed by atoms with Crippen LogP contribution in [0.25, 0.3) is 5.57 Å². The lowest BCUT2D eigenvalue weighted by atomic mass is 9.84. The van der Waals surface area contributed by atoms with Crippen LogP contribution in [0.1, 0.15) is 51.7 Å². The van der Waals surface area contributed by atoms with Crippen molar-refractivity contribution in [2.24, 2.45) is 0 Å². The predicted octanol–water partition coefficient (Wildman–Crippen LogP) is 4.82. The molecule has 258 valence electrons. The third kappa shape index (κ3) is 7.03. The Kier molecular flexibility index (Phi) is 10.4. The maximum absolute atomic E-state index is 14.1. The van der Waals surface area contributed by atoms with Gasteiger partial charge in [0.2, 0.25) is 11.8 Å². The van der Waals surface area contributed by atoms with Crippen LogP contribution in [0.5, 0.6) is 11.5 Å². The van der Waals surface area contributed by atoms with E-state index in [-0.39, 0.29) is 43.0 Å². The number of fused-ring (bicyclic) bond motifs is 1. The molecule has 48 heavy (non-hydrogen) atoms. The molecule has 1 saturated heterocycles. The van der Waals surface area contributed by atoms with Gasteiger partial charge < -0.3 is 34.8 Å². The fourth-order valence-corrected chi connectivity index (χ4v) is 7.26. The second-order valence-corrected chi connectivity index (χ2v) is 13.4. The molecule has 3 aliphatic rings. The summed E-state index contributed by atoms with van der Waals surface area (Å²) < 4.78 is 10.8. The number of amides is 6. The Labute approximate surface area is 286 Å². The van der Waals surface area contributed by atoms with E-state index in [1.807, 2.05) is 56.0 Å². The Balaban J connectivity index is 1.32. The van der Waals surface area contributed by atoms with Crippen LogP contribution in [-0.4, -0.2) is 108 Å². The Morgan fingerprint density at radius 2 is 1.81 bits per heavy atom. The number of piperidine rings is 1. The van der Waals surface area contributed by atoms with E-state index in [0.29, 0.717) is 61.0 Å². The number of rotatable bonds is 9. The van der Waals surface area contributed by atoms with Crippen molar-refractivity contribution in [3.05, 3.63) is 58.7 Å². The maximum atomic E-state index is 14.1. The molecule has 0 saturated carbocycles. The predicted molar refractivity (Wildman–Crippen MR) is 184 cm³/mol. The third-order valence-corrected chi connectivity index (χ3v) is 9.95. The van der Waals surface area contributed by atoms with Gasteiger partial charge in [-0.1, -0.05) is 29.8 Å². The van der Waals surface area contributed by atoms with Crippen molar-refractivity contribution in [3.63, 3.8) is 0 Å². The Hall–Kier alpha value is -4.45. The third-order valence-electron chi connectivity index (χ3n) is 9.56. The minimum absolute atomic E-state index is 0.0190. The van der Waals surface area contributed by atoms with Crippen LogP contribution in [0.3, 0.4) is 0 Å². The first kappa shape index (κ1) is 34.9. The molecule has 0 bridgehead atoms. The summed E-state index contributed by atoms with van der Waals surface area (Å²) in [4.78, 5) is 59.6. The van der Waals surface area contributed by atoms with E-state index in [2.05, 4.69) is 10.6 Å². The van der Waals surface area contributed by atoms with Gasteiger partial charge in [-0.15, -0.1) is 0 Å². The molecule has 0 unspecified atom stereocenters. The van der Waals surface area contributed by atoms with Gasteiger partial charge in [0.05, 0.1) is 24.8 Å². The summed E-state index contributed by atoms with van der Waals surface area (Å²) in [5.41, 5.74) is 2.38. The average molecular weight is 681 g/mol. The van der Waals surface area contributed by atoms with Crippen molar-refractivity contribution in [2.75, 3.05) is 52.3 Å². The summed E-state index contributed by atoms with van der Waals surface area (Å²) in [6.45, 7) is 8.71. The molecule has 5 rings (SSSR count). The van der Waals surface area contributed by atoms with Crippen molar-refractivity contribution >= 4 is 46.7 Å². The molecule has 2 aromatic carbocycles. The number of nitrogens with zero attached hydrogens (tertiary/aromatic N) is 4. The molecule has 12 nitrogen and oxygen atoms in total. The summed E-state index contributed by atoms with van der Waals surface area (Å²) in [5.74, 6) is 0.786. The van der Waals surface area contributed by atoms with E-state index in [4.69, 9.17) is 21.1 Å². The molecule has 3 aliphatic heterocycles. The van der Waals surface area contributed by atoms with Crippen LogP contribution in [0.4, 0.5) is 15.3 Å². The van der Waals surface area contributed by atoms with E-state index in [0.717, 1.165) is 16.8 Å². The number of halogens is 1. The van der Waals surface area contributed by atoms with Crippen LogP contribution >= 0.6 is 11.6 Å². The van der Waals surface area contributed by atoms with Crippen molar-refractivity contribution in [1.29, 1.82) is 0 Å². The van der Waals surface area contributed by atoms with E-state index >= 15 is 0 Å². The summed E-state index contributed by atoms with van der Waals surface area (Å²) >= 11 is 6.79. The zero-order valence-corrected chi connectivity index (χ0v) is 29.2. The zero-order chi connectivity index (χ0) is 34.7. The highest BCUT2D eigenvalue weighted by Crippen LogP contribution is 2.43. The van der Waals surface area contributed by atoms with Gasteiger partial charge in [0.25, 0.3) is 0 Å². The monoisotopic (exact) mass is 680 g/mol. The molecule has 0 aromatic heterocycles. The van der Waals surface area contributed by atoms with Crippen LogP contribution < -0.4 is 20.1 Å². The molecule has 0 aliphatic carbocycles. The number of likely N-dealkylation sites (tertiary alicyclic amines) is 1. The first-order valence-corrected chi connectivity index (χ1v) is 16.6. The van der Waals surface area contributed by atoms with Gasteiger partial charge in [-0.3, -0.25) is 14.5 Å². The summed E-state index contributed by atoms with van der Waals surface area (Å²) in [6.07, 6.45) is 3.68. The van der Waals surface area contributed by atoms with Crippen LogP contribution in [0, 0.1) is 0 Å². The van der Waals surface area contributed by atoms with Gasteiger partial charge in [0.1, 0.15) is 18.0 Å². The molecule has 0 spiro atoms. The summed E-state index contributed by atoms with van der Waals surface area (Å²) in [5, 5.41) is 6.24. The van der Waals surface area contributed by atoms with E-state index < -0.39 is 11.6 Å². The number of ether oxygens (including phenoxy) is 2. The SMILES string of the molecule is COc1ccc2c(c1)NC(=O)N(C1CCN(C(=O)CN3C=C(c4cccc(OC)c4Cl)C(C)(C)N([C@@H](C)CNC(C)=O)C3=O)CC1)CC2. The minimum Gasteiger partial charge on any atom is -0.497 e. The molecule has 13 heteroatoms. The lowest BCUT2D eigenvalue weighted by Gasteiger charge is -2.49. The number of urea groups is 2. The minimum atomic E-state index is -0.846. The standard InChI is InChI=1S/C35H45ClN6O6/c1-22(19-37-23(2)43)42-34(46)40(20-28(35(42,3)4)27-8-7-9-30(48-6)32(27)36)21-31(44)39-15-13-25(14-16-39)41-17-12-24-10-11-26(47-5)18-29(24)38-33(41)45/h7-11,18,20,22,25H,12-17,19,21H2,1-6H3,(H,37,43)(H,38,45)/t22-/m0/s1. The lowest BCUT2D eigenvalue weighted by Crippen LogP contribution is -2.62. The molecule has 0 radical (unpaired) electrons. The Morgan fingerprint density at radius 3 is 2.48 bits per heavy atom. The molecule has 2 N–H and O–H groups in total. The van der Waals surface area contributed by atoms with Gasteiger partial charge in [-0.25, -0.2) is 9.59 Å². The van der Waals surface area contributed by atoms with Crippen molar-refractivity contribution < 1.29 is 28.7 Å². The van der Waals surface area contributed by atoms with Gasteiger partial charge in [-0.05, 0) is 57.7 Å². The first-order valence-electron chi connectivity index (χ1n) is 16.3. The van der Waals surface area contributed by atoms with Crippen molar-refractivity contribution in [2.45, 2.75) is 64.6 Å². The normalized spacial score (nSPS) is 18.8. The van der Waals surface area contributed by atoms with Gasteiger partial charge in [-0.2, -0.15) is 0 Å². The highest BCUT2D eigenvalue weighted by Gasteiger charge is 2.45. The number of hydrogen-bond acceptors (Lipinski definition) is 6. The first-order chi connectivity index (χ1) is 22.8. The number of nitrogens with one attached hydrogen (secondary N) is 2. The van der Waals surface area contributed by atoms with Crippen LogP contribution in [0.2, 0.25) is 5.02 Å². The zero-order valence-electron chi connectivity index (χ0n) is 28.5. The smallest absolute Gasteiger partial charge is 0.325 e. The molecule has 2 aromatic rings. The van der Waals surface area contributed by atoms with Crippen molar-refractivity contribution in [1.82, 2.24) is 24.9 Å². The molecular formula is C35H45ClN6O6. The largest absolute Gasteiger partial charge is 0.497 e. The van der Waals surface area contributed by atoms with E-state index in [1.54, 1.807) is 36.3 Å². The second-order valence-electron chi connectivity index (χ2n) is 13.0. The fourth-order valence-electron chi connectivity index (χ4n) is 6.95. The van der Waals surface area contributed by atoms with Gasteiger partial charge in [0, 0.05) is 74.3 Å². The summed E-state index contributed by atoms with van der Waals surface area (Å²) in [6, 6.07) is 10.3. The van der Waals surface area contributed by atoms with Gasteiger partial charge in [0.15, 0.2) is 0 Å². The van der Waals surface area contributed by atoms with Crippen LogP contribution in [-0.2, 0) is 16.0 Å². The quantitative estimate of drug-likeness (QED) is 0.392. The lowest BCUT2D eigenvalue weighted by molar-refractivity contribution is -0.133. The van der Waals surface area contributed by atoms with Gasteiger partial charge >= 0.3 is 12.1 Å². The Morgan fingerprint density at radius 1 is 1.08 bits per heavy atom. The Bertz CT molecular complexity index is 1600. The fraction of sp³-hybridized carbons (Fsp3) is 0.486. The molecule has 6 amide bonds. The number of carbonyl (C=O) groups is 4. The number of benzene rings is 2. The second kappa shape index (κ2) is 14.3. The molecule has 3 heterocycles. The van der Waals surface area contributed by atoms with E-state index in [1.165, 1.54) is 11.8 Å². The molecule has 1 fully saturated rings. The number of hydrogen-bond donors (Lipinski definition) is 2. The van der Waals surface area contributed by atoms with E-state index in [9.17, 15) is 19.2 Å². The topological polar surface area (TPSA) is 124 Å².